The van der Waals surface area contributed by atoms with Crippen LogP contribution in [0.15, 0.2) is 47.0 Å². The maximum atomic E-state index is 12.9. The van der Waals surface area contributed by atoms with Gasteiger partial charge in [0, 0.05) is 23.2 Å². The molecule has 0 fully saturated rings. The first-order chi connectivity index (χ1) is 12.1. The van der Waals surface area contributed by atoms with Crippen LogP contribution >= 0.6 is 23.5 Å². The molecule has 0 saturated carbocycles. The molecule has 1 aromatic heterocycles. The average Bonchev–Trinajstić information content (AvgIpc) is 2.85. The number of allylic oxidation sites excluding steroid dienone is 1. The van der Waals surface area contributed by atoms with E-state index in [4.69, 9.17) is 0 Å². The van der Waals surface area contributed by atoms with Crippen LogP contribution in [0, 0.1) is 6.92 Å². The lowest BCUT2D eigenvalue weighted by Gasteiger charge is -2.22. The van der Waals surface area contributed by atoms with Gasteiger partial charge in [0.05, 0.1) is 11.4 Å². The summed E-state index contributed by atoms with van der Waals surface area (Å²) >= 11 is 3.28. The summed E-state index contributed by atoms with van der Waals surface area (Å²) in [4.78, 5) is 16.0. The van der Waals surface area contributed by atoms with Crippen molar-refractivity contribution < 1.29 is 4.79 Å². The molecular weight excluding hydrogens is 352 g/mol. The van der Waals surface area contributed by atoms with Crippen LogP contribution in [0.2, 0.25) is 0 Å². The quantitative estimate of drug-likeness (QED) is 0.589. The maximum absolute atomic E-state index is 12.9. The lowest BCUT2D eigenvalue weighted by Crippen LogP contribution is -2.33. The number of aromatic nitrogens is 3. The van der Waals surface area contributed by atoms with E-state index in [-0.39, 0.29) is 5.91 Å². The van der Waals surface area contributed by atoms with Gasteiger partial charge in [-0.1, -0.05) is 36.9 Å². The molecule has 0 bridgehead atoms. The highest BCUT2D eigenvalue weighted by molar-refractivity contribution is 8.00. The van der Waals surface area contributed by atoms with Crippen LogP contribution in [0.4, 0.5) is 5.69 Å². The molecule has 1 aromatic carbocycles. The number of fused-ring (bicyclic) bond motifs is 1. The summed E-state index contributed by atoms with van der Waals surface area (Å²) in [7, 11) is 0. The first-order valence-electron chi connectivity index (χ1n) is 8.29. The molecule has 1 aliphatic heterocycles. The number of anilines is 1. The van der Waals surface area contributed by atoms with E-state index < -0.39 is 0 Å². The van der Waals surface area contributed by atoms with Gasteiger partial charge < -0.3 is 9.47 Å². The molecule has 132 valence electrons. The van der Waals surface area contributed by atoms with Crippen LogP contribution < -0.4 is 4.90 Å². The molecule has 1 atom stereocenters. The molecule has 7 heteroatoms. The molecule has 0 spiro atoms. The minimum absolute atomic E-state index is 0.109. The number of carbonyl (C=O) groups excluding carboxylic acids is 1. The molecule has 5 nitrogen and oxygen atoms in total. The van der Waals surface area contributed by atoms with E-state index in [9.17, 15) is 4.79 Å². The Morgan fingerprint density at radius 3 is 3.04 bits per heavy atom. The van der Waals surface area contributed by atoms with E-state index in [1.165, 1.54) is 16.7 Å². The van der Waals surface area contributed by atoms with Crippen LogP contribution in [-0.2, 0) is 11.3 Å². The van der Waals surface area contributed by atoms with Gasteiger partial charge in [-0.25, -0.2) is 0 Å². The predicted molar refractivity (Wildman–Crippen MR) is 104 cm³/mol. The Kier molecular flexibility index (Phi) is 5.86. The topological polar surface area (TPSA) is 51.0 Å². The molecule has 0 radical (unpaired) electrons. The fourth-order valence-corrected chi connectivity index (χ4v) is 4.74. The van der Waals surface area contributed by atoms with Crippen LogP contribution in [0.25, 0.3) is 0 Å². The third-order valence-corrected chi connectivity index (χ3v) is 6.27. The number of carbonyl (C=O) groups is 1. The summed E-state index contributed by atoms with van der Waals surface area (Å²) in [6.45, 7) is 9.29. The SMILES string of the molecule is C=CCn1c(C)nnc1SCC(=O)N1CC[C@H](C)Sc2ccccc21. The van der Waals surface area contributed by atoms with Crippen molar-refractivity contribution in [3.8, 4) is 0 Å². The second-order valence-corrected chi connectivity index (χ2v) is 8.37. The largest absolute Gasteiger partial charge is 0.311 e. The molecule has 25 heavy (non-hydrogen) atoms. The van der Waals surface area contributed by atoms with Crippen molar-refractivity contribution in [1.29, 1.82) is 0 Å². The van der Waals surface area contributed by atoms with E-state index >= 15 is 0 Å². The molecule has 0 saturated heterocycles. The lowest BCUT2D eigenvalue weighted by molar-refractivity contribution is -0.116. The molecule has 1 amide bonds. The van der Waals surface area contributed by atoms with Gasteiger partial charge in [0.25, 0.3) is 0 Å². The van der Waals surface area contributed by atoms with Gasteiger partial charge in [0.2, 0.25) is 5.91 Å². The van der Waals surface area contributed by atoms with Gasteiger partial charge in [0.15, 0.2) is 5.16 Å². The van der Waals surface area contributed by atoms with E-state index in [2.05, 4.69) is 29.8 Å². The fraction of sp³-hybridized carbons (Fsp3) is 0.389. The number of aryl methyl sites for hydroxylation is 1. The van der Waals surface area contributed by atoms with Crippen molar-refractivity contribution in [3.05, 3.63) is 42.7 Å². The molecule has 2 heterocycles. The lowest BCUT2D eigenvalue weighted by atomic mass is 10.2. The summed E-state index contributed by atoms with van der Waals surface area (Å²) in [5, 5.41) is 9.55. The van der Waals surface area contributed by atoms with Crippen molar-refractivity contribution in [2.45, 2.75) is 42.1 Å². The number of nitrogens with zero attached hydrogens (tertiary/aromatic N) is 4. The zero-order valence-electron chi connectivity index (χ0n) is 14.5. The number of hydrogen-bond donors (Lipinski definition) is 0. The van der Waals surface area contributed by atoms with Gasteiger partial charge in [0.1, 0.15) is 5.82 Å². The standard InChI is InChI=1S/C18H22N4OS2/c1-4-10-21-14(3)19-20-18(21)24-12-17(23)22-11-9-13(2)25-16-8-6-5-7-15(16)22/h4-8,13H,1,9-12H2,2-3H3/t13-/m0/s1. The van der Waals surface area contributed by atoms with Crippen molar-refractivity contribution in [3.63, 3.8) is 0 Å². The van der Waals surface area contributed by atoms with Crippen LogP contribution in [0.1, 0.15) is 19.2 Å². The smallest absolute Gasteiger partial charge is 0.237 e. The molecule has 0 aliphatic carbocycles. The molecule has 0 unspecified atom stereocenters. The van der Waals surface area contributed by atoms with Gasteiger partial charge in [-0.2, -0.15) is 0 Å². The highest BCUT2D eigenvalue weighted by Crippen LogP contribution is 2.37. The number of rotatable bonds is 5. The zero-order chi connectivity index (χ0) is 17.8. The third kappa shape index (κ3) is 4.10. The highest BCUT2D eigenvalue weighted by Gasteiger charge is 2.24. The van der Waals surface area contributed by atoms with Crippen LogP contribution in [0.3, 0.4) is 0 Å². The third-order valence-electron chi connectivity index (χ3n) is 4.08. The van der Waals surface area contributed by atoms with Gasteiger partial charge in [-0.3, -0.25) is 4.79 Å². The molecule has 0 N–H and O–H groups in total. The van der Waals surface area contributed by atoms with Gasteiger partial charge in [-0.05, 0) is 25.5 Å². The van der Waals surface area contributed by atoms with Crippen molar-refractivity contribution >= 4 is 35.1 Å². The zero-order valence-corrected chi connectivity index (χ0v) is 16.1. The minimum Gasteiger partial charge on any atom is -0.311 e. The summed E-state index contributed by atoms with van der Waals surface area (Å²) in [5.41, 5.74) is 1.02. The van der Waals surface area contributed by atoms with Gasteiger partial charge in [-0.15, -0.1) is 28.5 Å². The number of benzene rings is 1. The van der Waals surface area contributed by atoms with Gasteiger partial charge >= 0.3 is 0 Å². The second-order valence-electron chi connectivity index (χ2n) is 5.95. The summed E-state index contributed by atoms with van der Waals surface area (Å²) in [6, 6.07) is 8.15. The Morgan fingerprint density at radius 1 is 1.44 bits per heavy atom. The number of hydrogen-bond acceptors (Lipinski definition) is 5. The van der Waals surface area contributed by atoms with Crippen LogP contribution in [-0.4, -0.2) is 38.2 Å². The second kappa shape index (κ2) is 8.10. The Bertz CT molecular complexity index is 774. The average molecular weight is 375 g/mol. The summed E-state index contributed by atoms with van der Waals surface area (Å²) in [6.07, 6.45) is 2.80. The molecule has 1 aliphatic rings. The maximum Gasteiger partial charge on any atom is 0.237 e. The number of amides is 1. The first-order valence-corrected chi connectivity index (χ1v) is 10.2. The summed E-state index contributed by atoms with van der Waals surface area (Å²) < 4.78 is 1.97. The number of thioether (sulfide) groups is 2. The van der Waals surface area contributed by atoms with E-state index in [0.717, 1.165) is 29.6 Å². The number of para-hydroxylation sites is 1. The van der Waals surface area contributed by atoms with Crippen molar-refractivity contribution in [2.75, 3.05) is 17.2 Å². The first kappa shape index (κ1) is 18.1. The van der Waals surface area contributed by atoms with E-state index in [0.29, 0.717) is 17.5 Å². The fourth-order valence-electron chi connectivity index (χ4n) is 2.76. The molecule has 2 aromatic rings. The highest BCUT2D eigenvalue weighted by atomic mass is 32.2. The van der Waals surface area contributed by atoms with Crippen molar-refractivity contribution in [2.24, 2.45) is 0 Å². The summed E-state index contributed by atoms with van der Waals surface area (Å²) in [5.74, 6) is 1.29. The molecular formula is C18H22N4OS2. The van der Waals surface area contributed by atoms with E-state index in [1.54, 1.807) is 0 Å². The predicted octanol–water partition coefficient (Wildman–Crippen LogP) is 3.78. The molecule has 3 rings (SSSR count). The van der Waals surface area contributed by atoms with Crippen LogP contribution in [0.5, 0.6) is 0 Å². The Balaban J connectivity index is 1.74. The Morgan fingerprint density at radius 2 is 2.24 bits per heavy atom. The normalized spacial score (nSPS) is 17.0. The Labute approximate surface area is 156 Å². The Hall–Kier alpha value is -1.73. The minimum atomic E-state index is 0.109. The monoisotopic (exact) mass is 374 g/mol. The van der Waals surface area contributed by atoms with E-state index in [1.807, 2.05) is 52.4 Å². The van der Waals surface area contributed by atoms with Crippen molar-refractivity contribution in [1.82, 2.24) is 14.8 Å².